The van der Waals surface area contributed by atoms with Gasteiger partial charge < -0.3 is 15.5 Å². The summed E-state index contributed by atoms with van der Waals surface area (Å²) in [6.07, 6.45) is 0.989. The van der Waals surface area contributed by atoms with Crippen molar-refractivity contribution in [1.29, 1.82) is 0 Å². The van der Waals surface area contributed by atoms with Gasteiger partial charge in [-0.25, -0.2) is 0 Å². The lowest BCUT2D eigenvalue weighted by atomic mass is 10.1. The van der Waals surface area contributed by atoms with E-state index < -0.39 is 0 Å². The third kappa shape index (κ3) is 8.75. The van der Waals surface area contributed by atoms with E-state index >= 15 is 0 Å². The predicted molar refractivity (Wildman–Crippen MR) is 127 cm³/mol. The summed E-state index contributed by atoms with van der Waals surface area (Å²) >= 11 is 0. The van der Waals surface area contributed by atoms with Crippen LogP contribution in [0.1, 0.15) is 27.8 Å². The molecule has 5 heteroatoms. The lowest BCUT2D eigenvalue weighted by molar-refractivity contribution is 0.402. The van der Waals surface area contributed by atoms with Crippen LogP contribution in [-0.4, -0.2) is 38.5 Å². The molecule has 27 heavy (non-hydrogen) atoms. The van der Waals surface area contributed by atoms with Gasteiger partial charge in [-0.3, -0.25) is 4.99 Å². The molecular weight excluding hydrogens is 447 g/mol. The van der Waals surface area contributed by atoms with Gasteiger partial charge in [-0.05, 0) is 51.1 Å². The van der Waals surface area contributed by atoms with Crippen molar-refractivity contribution in [2.75, 3.05) is 27.7 Å². The van der Waals surface area contributed by atoms with Crippen molar-refractivity contribution in [2.45, 2.75) is 33.4 Å². The molecule has 0 saturated heterocycles. The average Bonchev–Trinajstić information content (AvgIpc) is 2.58. The number of nitrogens with one attached hydrogen (secondary N) is 2. The van der Waals surface area contributed by atoms with Crippen molar-refractivity contribution < 1.29 is 0 Å². The number of guanidine groups is 1. The Bertz CT molecular complexity index is 703. The number of hydrogen-bond donors (Lipinski definition) is 2. The second-order valence-electron chi connectivity index (χ2n) is 7.15. The van der Waals surface area contributed by atoms with Crippen molar-refractivity contribution in [3.05, 3.63) is 70.3 Å². The van der Waals surface area contributed by atoms with Gasteiger partial charge in [-0.1, -0.05) is 53.6 Å². The normalized spacial score (nSPS) is 11.3. The van der Waals surface area contributed by atoms with Crippen LogP contribution < -0.4 is 10.6 Å². The number of hydrogen-bond acceptors (Lipinski definition) is 2. The van der Waals surface area contributed by atoms with Crippen molar-refractivity contribution in [2.24, 2.45) is 4.99 Å². The van der Waals surface area contributed by atoms with Crippen LogP contribution in [0.5, 0.6) is 0 Å². The number of aliphatic imine (C=N–C) groups is 1. The van der Waals surface area contributed by atoms with E-state index in [2.05, 4.69) is 90.9 Å². The second kappa shape index (κ2) is 12.0. The number of halogens is 1. The van der Waals surface area contributed by atoms with Gasteiger partial charge in [-0.2, -0.15) is 0 Å². The topological polar surface area (TPSA) is 39.7 Å². The Kier molecular flexibility index (Phi) is 10.4. The molecule has 0 radical (unpaired) electrons. The fourth-order valence-electron chi connectivity index (χ4n) is 3.07. The van der Waals surface area contributed by atoms with E-state index in [1.165, 1.54) is 27.8 Å². The Morgan fingerprint density at radius 3 is 2.04 bits per heavy atom. The van der Waals surface area contributed by atoms with Crippen LogP contribution in [-0.2, 0) is 19.5 Å². The molecule has 0 aliphatic heterocycles. The molecule has 0 atom stereocenters. The Labute approximate surface area is 181 Å². The minimum Gasteiger partial charge on any atom is -0.356 e. The summed E-state index contributed by atoms with van der Waals surface area (Å²) < 4.78 is 0. The maximum Gasteiger partial charge on any atom is 0.191 e. The number of benzene rings is 2. The van der Waals surface area contributed by atoms with E-state index in [1.807, 2.05) is 7.05 Å². The van der Waals surface area contributed by atoms with E-state index in [-0.39, 0.29) is 24.0 Å². The Morgan fingerprint density at radius 2 is 1.48 bits per heavy atom. The van der Waals surface area contributed by atoms with Gasteiger partial charge in [0.25, 0.3) is 0 Å². The summed E-state index contributed by atoms with van der Waals surface area (Å²) in [5.41, 5.74) is 6.59. The molecule has 0 unspecified atom stereocenters. The fraction of sp³-hybridized carbons (Fsp3) is 0.409. The van der Waals surface area contributed by atoms with E-state index in [9.17, 15) is 0 Å². The Morgan fingerprint density at radius 1 is 0.889 bits per heavy atom. The first-order valence-corrected chi connectivity index (χ1v) is 9.20. The Hall–Kier alpha value is -1.60. The van der Waals surface area contributed by atoms with Gasteiger partial charge in [0, 0.05) is 26.7 Å². The highest BCUT2D eigenvalue weighted by Gasteiger charge is 2.01. The molecule has 0 aliphatic carbocycles. The first-order chi connectivity index (χ1) is 12.5. The molecule has 2 aromatic carbocycles. The van der Waals surface area contributed by atoms with Crippen molar-refractivity contribution >= 4 is 29.9 Å². The second-order valence-corrected chi connectivity index (χ2v) is 7.15. The number of rotatable bonds is 7. The molecule has 4 nitrogen and oxygen atoms in total. The van der Waals surface area contributed by atoms with Crippen LogP contribution in [0.25, 0.3) is 0 Å². The maximum absolute atomic E-state index is 4.31. The van der Waals surface area contributed by atoms with Gasteiger partial charge in [0.05, 0.1) is 0 Å². The molecule has 2 aromatic rings. The number of nitrogens with zero attached hydrogens (tertiary/aromatic N) is 2. The zero-order valence-corrected chi connectivity index (χ0v) is 19.5. The van der Waals surface area contributed by atoms with Gasteiger partial charge in [0.15, 0.2) is 5.96 Å². The minimum atomic E-state index is 0. The summed E-state index contributed by atoms with van der Waals surface area (Å²) in [5.74, 6) is 0.840. The molecule has 0 heterocycles. The molecule has 0 saturated carbocycles. The monoisotopic (exact) mass is 480 g/mol. The highest BCUT2D eigenvalue weighted by molar-refractivity contribution is 14.0. The lowest BCUT2D eigenvalue weighted by Gasteiger charge is -2.13. The molecule has 2 rings (SSSR count). The molecule has 2 N–H and O–H groups in total. The molecule has 0 bridgehead atoms. The fourth-order valence-corrected chi connectivity index (χ4v) is 3.07. The molecule has 148 valence electrons. The van der Waals surface area contributed by atoms with Crippen LogP contribution >= 0.6 is 24.0 Å². The molecular formula is C22H33IN4. The van der Waals surface area contributed by atoms with E-state index in [1.54, 1.807) is 0 Å². The van der Waals surface area contributed by atoms with Crippen molar-refractivity contribution in [1.82, 2.24) is 15.5 Å². The molecule has 0 amide bonds. The summed E-state index contributed by atoms with van der Waals surface area (Å²) in [7, 11) is 5.98. The van der Waals surface area contributed by atoms with Crippen LogP contribution in [0, 0.1) is 13.8 Å². The quantitative estimate of drug-likeness (QED) is 0.359. The van der Waals surface area contributed by atoms with Gasteiger partial charge in [-0.15, -0.1) is 24.0 Å². The summed E-state index contributed by atoms with van der Waals surface area (Å²) in [6.45, 7) is 6.90. The third-order valence-electron chi connectivity index (χ3n) is 4.19. The van der Waals surface area contributed by atoms with Gasteiger partial charge >= 0.3 is 0 Å². The van der Waals surface area contributed by atoms with E-state index in [0.29, 0.717) is 0 Å². The van der Waals surface area contributed by atoms with Crippen LogP contribution in [0.3, 0.4) is 0 Å². The molecule has 0 aliphatic rings. The molecule has 0 spiro atoms. The zero-order chi connectivity index (χ0) is 18.9. The van der Waals surface area contributed by atoms with Gasteiger partial charge in [0.1, 0.15) is 0 Å². The highest BCUT2D eigenvalue weighted by atomic mass is 127. The summed E-state index contributed by atoms with van der Waals surface area (Å²) in [4.78, 5) is 6.49. The maximum atomic E-state index is 4.31. The van der Waals surface area contributed by atoms with Crippen LogP contribution in [0.2, 0.25) is 0 Å². The van der Waals surface area contributed by atoms with E-state index in [0.717, 1.165) is 32.0 Å². The van der Waals surface area contributed by atoms with Gasteiger partial charge in [0.2, 0.25) is 0 Å². The van der Waals surface area contributed by atoms with Crippen molar-refractivity contribution in [3.8, 4) is 0 Å². The summed E-state index contributed by atoms with van der Waals surface area (Å²) in [5, 5.41) is 6.78. The third-order valence-corrected chi connectivity index (χ3v) is 4.19. The first kappa shape index (κ1) is 23.4. The Balaban J connectivity index is 0.00000364. The smallest absolute Gasteiger partial charge is 0.191 e. The van der Waals surface area contributed by atoms with Crippen LogP contribution in [0.4, 0.5) is 0 Å². The average molecular weight is 480 g/mol. The van der Waals surface area contributed by atoms with E-state index in [4.69, 9.17) is 0 Å². The minimum absolute atomic E-state index is 0. The molecule has 0 fully saturated rings. The summed E-state index contributed by atoms with van der Waals surface area (Å²) in [6, 6.07) is 15.4. The largest absolute Gasteiger partial charge is 0.356 e. The number of aryl methyl sites for hydroxylation is 2. The first-order valence-electron chi connectivity index (χ1n) is 9.20. The zero-order valence-electron chi connectivity index (χ0n) is 17.2. The van der Waals surface area contributed by atoms with Crippen LogP contribution in [0.15, 0.2) is 47.5 Å². The standard InChI is InChI=1S/C22H32N4.HI/c1-17-12-18(2)14-21(13-17)10-11-24-22(23-3)25-15-19-6-8-20(9-7-19)16-26(4)5;/h6-9,12-14H,10-11,15-16H2,1-5H3,(H2,23,24,25);1H. The predicted octanol–water partition coefficient (Wildman–Crippen LogP) is 3.89. The highest BCUT2D eigenvalue weighted by Crippen LogP contribution is 2.09. The SMILES string of the molecule is CN=C(NCCc1cc(C)cc(C)c1)NCc1ccc(CN(C)C)cc1.I. The molecule has 0 aromatic heterocycles. The lowest BCUT2D eigenvalue weighted by Crippen LogP contribution is -2.37. The van der Waals surface area contributed by atoms with Crippen molar-refractivity contribution in [3.63, 3.8) is 0 Å².